The standard InChI is InChI=1S/C16H21NO2/c1-12-10-16(11-12,13-8-6-5-7-9-13)17-14(18)19-15(2,3)4/h5-9H,1,10-11H2,2-4H3,(H,17,18). The summed E-state index contributed by atoms with van der Waals surface area (Å²) in [5.41, 5.74) is 1.43. The van der Waals surface area contributed by atoms with Gasteiger partial charge < -0.3 is 10.1 Å². The van der Waals surface area contributed by atoms with Crippen LogP contribution in [0.2, 0.25) is 0 Å². The number of amides is 1. The summed E-state index contributed by atoms with van der Waals surface area (Å²) in [5.74, 6) is 0. The van der Waals surface area contributed by atoms with Crippen molar-refractivity contribution in [2.45, 2.75) is 44.8 Å². The highest BCUT2D eigenvalue weighted by molar-refractivity contribution is 5.70. The van der Waals surface area contributed by atoms with Crippen LogP contribution >= 0.6 is 0 Å². The van der Waals surface area contributed by atoms with Gasteiger partial charge in [-0.15, -0.1) is 0 Å². The number of hydrogen-bond donors (Lipinski definition) is 1. The van der Waals surface area contributed by atoms with E-state index in [1.807, 2.05) is 51.1 Å². The Kier molecular flexibility index (Phi) is 3.40. The molecular weight excluding hydrogens is 238 g/mol. The predicted molar refractivity (Wildman–Crippen MR) is 75.9 cm³/mol. The topological polar surface area (TPSA) is 38.3 Å². The van der Waals surface area contributed by atoms with E-state index in [0.717, 1.165) is 24.0 Å². The van der Waals surface area contributed by atoms with E-state index in [9.17, 15) is 4.79 Å². The maximum absolute atomic E-state index is 12.0. The van der Waals surface area contributed by atoms with E-state index in [1.54, 1.807) is 0 Å². The van der Waals surface area contributed by atoms with Gasteiger partial charge in [-0.25, -0.2) is 4.79 Å². The zero-order valence-electron chi connectivity index (χ0n) is 11.8. The minimum absolute atomic E-state index is 0.347. The van der Waals surface area contributed by atoms with Crippen molar-refractivity contribution >= 4 is 6.09 Å². The fraction of sp³-hybridized carbons (Fsp3) is 0.438. The summed E-state index contributed by atoms with van der Waals surface area (Å²) in [6, 6.07) is 10.00. The van der Waals surface area contributed by atoms with E-state index in [0.29, 0.717) is 0 Å². The van der Waals surface area contributed by atoms with Gasteiger partial charge in [0.05, 0.1) is 5.54 Å². The number of carbonyl (C=O) groups excluding carboxylic acids is 1. The molecule has 102 valence electrons. The molecule has 1 aliphatic carbocycles. The van der Waals surface area contributed by atoms with Gasteiger partial charge in [-0.05, 0) is 39.2 Å². The highest BCUT2D eigenvalue weighted by Crippen LogP contribution is 2.44. The molecule has 0 aliphatic heterocycles. The van der Waals surface area contributed by atoms with Crippen molar-refractivity contribution in [3.05, 3.63) is 48.0 Å². The molecule has 0 unspecified atom stereocenters. The molecule has 0 heterocycles. The second kappa shape index (κ2) is 4.72. The smallest absolute Gasteiger partial charge is 0.408 e. The van der Waals surface area contributed by atoms with Gasteiger partial charge in [0, 0.05) is 0 Å². The van der Waals surface area contributed by atoms with E-state index in [4.69, 9.17) is 4.74 Å². The quantitative estimate of drug-likeness (QED) is 0.821. The molecular formula is C16H21NO2. The van der Waals surface area contributed by atoms with Crippen LogP contribution in [-0.2, 0) is 10.3 Å². The molecule has 0 atom stereocenters. The highest BCUT2D eigenvalue weighted by Gasteiger charge is 2.43. The van der Waals surface area contributed by atoms with E-state index < -0.39 is 5.60 Å². The first-order valence-electron chi connectivity index (χ1n) is 6.54. The van der Waals surface area contributed by atoms with Crippen molar-refractivity contribution < 1.29 is 9.53 Å². The Morgan fingerprint density at radius 1 is 1.26 bits per heavy atom. The fourth-order valence-electron chi connectivity index (χ4n) is 2.42. The maximum atomic E-state index is 12.0. The van der Waals surface area contributed by atoms with Crippen LogP contribution in [0.5, 0.6) is 0 Å². The summed E-state index contributed by atoms with van der Waals surface area (Å²) in [6.45, 7) is 9.56. The van der Waals surface area contributed by atoms with Gasteiger partial charge in [-0.2, -0.15) is 0 Å². The van der Waals surface area contributed by atoms with E-state index in [-0.39, 0.29) is 11.6 Å². The van der Waals surface area contributed by atoms with Crippen LogP contribution in [-0.4, -0.2) is 11.7 Å². The van der Waals surface area contributed by atoms with Crippen molar-refractivity contribution in [1.29, 1.82) is 0 Å². The van der Waals surface area contributed by atoms with Crippen LogP contribution in [0.25, 0.3) is 0 Å². The molecule has 0 aromatic heterocycles. The van der Waals surface area contributed by atoms with E-state index in [2.05, 4.69) is 11.9 Å². The van der Waals surface area contributed by atoms with Gasteiger partial charge in [-0.1, -0.05) is 42.5 Å². The zero-order chi connectivity index (χ0) is 14.1. The van der Waals surface area contributed by atoms with Crippen molar-refractivity contribution in [1.82, 2.24) is 5.32 Å². The molecule has 1 aliphatic rings. The van der Waals surface area contributed by atoms with Crippen LogP contribution in [0.4, 0.5) is 4.79 Å². The third-order valence-corrected chi connectivity index (χ3v) is 3.17. The normalized spacial score (nSPS) is 17.5. The number of ether oxygens (including phenoxy) is 1. The van der Waals surface area contributed by atoms with Gasteiger partial charge in [-0.3, -0.25) is 0 Å². The average molecular weight is 259 g/mol. The Hall–Kier alpha value is -1.77. The number of carbonyl (C=O) groups is 1. The van der Waals surface area contributed by atoms with Crippen molar-refractivity contribution in [3.8, 4) is 0 Å². The third kappa shape index (κ3) is 3.16. The zero-order valence-corrected chi connectivity index (χ0v) is 11.8. The molecule has 19 heavy (non-hydrogen) atoms. The second-order valence-electron chi connectivity index (χ2n) is 6.18. The molecule has 0 radical (unpaired) electrons. The Bertz CT molecular complexity index is 477. The molecule has 3 nitrogen and oxygen atoms in total. The first kappa shape index (κ1) is 13.7. The summed E-state index contributed by atoms with van der Waals surface area (Å²) in [5, 5.41) is 3.01. The molecule has 1 aromatic rings. The molecule has 3 heteroatoms. The molecule has 1 aromatic carbocycles. The average Bonchev–Trinajstić information content (AvgIpc) is 2.25. The van der Waals surface area contributed by atoms with Crippen LogP contribution in [0, 0.1) is 0 Å². The lowest BCUT2D eigenvalue weighted by atomic mass is 9.69. The molecule has 0 bridgehead atoms. The fourth-order valence-corrected chi connectivity index (χ4v) is 2.42. The lowest BCUT2D eigenvalue weighted by molar-refractivity contribution is 0.0421. The monoisotopic (exact) mass is 259 g/mol. The molecule has 1 N–H and O–H groups in total. The Balaban J connectivity index is 2.14. The number of hydrogen-bond acceptors (Lipinski definition) is 2. The first-order chi connectivity index (χ1) is 8.81. The minimum Gasteiger partial charge on any atom is -0.444 e. The number of alkyl carbamates (subject to hydrolysis) is 1. The van der Waals surface area contributed by atoms with Crippen LogP contribution < -0.4 is 5.32 Å². The van der Waals surface area contributed by atoms with Crippen molar-refractivity contribution in [2.75, 3.05) is 0 Å². The molecule has 1 saturated carbocycles. The summed E-state index contributed by atoms with van der Waals surface area (Å²) < 4.78 is 5.35. The van der Waals surface area contributed by atoms with E-state index in [1.165, 1.54) is 0 Å². The lowest BCUT2D eigenvalue weighted by Crippen LogP contribution is -2.52. The lowest BCUT2D eigenvalue weighted by Gasteiger charge is -2.44. The first-order valence-corrected chi connectivity index (χ1v) is 6.54. The number of benzene rings is 1. The molecule has 0 saturated heterocycles. The molecule has 1 fully saturated rings. The highest BCUT2D eigenvalue weighted by atomic mass is 16.6. The Labute approximate surface area is 114 Å². The molecule has 2 rings (SSSR count). The van der Waals surface area contributed by atoms with Crippen LogP contribution in [0.15, 0.2) is 42.5 Å². The Morgan fingerprint density at radius 3 is 2.32 bits per heavy atom. The van der Waals surface area contributed by atoms with Crippen LogP contribution in [0.1, 0.15) is 39.2 Å². The van der Waals surface area contributed by atoms with Gasteiger partial charge in [0.15, 0.2) is 0 Å². The minimum atomic E-state index is -0.483. The van der Waals surface area contributed by atoms with Crippen molar-refractivity contribution in [3.63, 3.8) is 0 Å². The van der Waals surface area contributed by atoms with Gasteiger partial charge in [0.1, 0.15) is 5.60 Å². The summed E-state index contributed by atoms with van der Waals surface area (Å²) in [7, 11) is 0. The van der Waals surface area contributed by atoms with E-state index >= 15 is 0 Å². The largest absolute Gasteiger partial charge is 0.444 e. The van der Waals surface area contributed by atoms with Gasteiger partial charge in [0.25, 0.3) is 0 Å². The van der Waals surface area contributed by atoms with Crippen molar-refractivity contribution in [2.24, 2.45) is 0 Å². The molecule has 0 spiro atoms. The number of rotatable bonds is 2. The molecule has 1 amide bonds. The number of nitrogens with one attached hydrogen (secondary N) is 1. The van der Waals surface area contributed by atoms with Gasteiger partial charge >= 0.3 is 6.09 Å². The summed E-state index contributed by atoms with van der Waals surface area (Å²) >= 11 is 0. The van der Waals surface area contributed by atoms with Gasteiger partial charge in [0.2, 0.25) is 0 Å². The predicted octanol–water partition coefficient (Wildman–Crippen LogP) is 3.76. The third-order valence-electron chi connectivity index (χ3n) is 3.17. The second-order valence-corrected chi connectivity index (χ2v) is 6.18. The van der Waals surface area contributed by atoms with Crippen LogP contribution in [0.3, 0.4) is 0 Å². The SMILES string of the molecule is C=C1CC(NC(=O)OC(C)(C)C)(c2ccccc2)C1. The summed E-state index contributed by atoms with van der Waals surface area (Å²) in [4.78, 5) is 12.0. The summed E-state index contributed by atoms with van der Waals surface area (Å²) in [6.07, 6.45) is 1.18. The Morgan fingerprint density at radius 2 is 1.84 bits per heavy atom. The maximum Gasteiger partial charge on any atom is 0.408 e.